The number of hydrogen-bond acceptors (Lipinski definition) is 5. The summed E-state index contributed by atoms with van der Waals surface area (Å²) < 4.78 is 5.59. The standard InChI is InChI=1S/C15H22N2O3/c1-2-9-20-15-10-12(6-7-14(15)16-19)17-8-4-3-5-13(17)11-18/h6-7,10,13,18H,2-5,8-9,11H2,1H3. The lowest BCUT2D eigenvalue weighted by Crippen LogP contribution is -2.41. The molecule has 1 atom stereocenters. The van der Waals surface area contributed by atoms with Gasteiger partial charge in [0.2, 0.25) is 0 Å². The maximum Gasteiger partial charge on any atom is 0.150 e. The van der Waals surface area contributed by atoms with E-state index in [0.29, 0.717) is 18.0 Å². The zero-order valence-electron chi connectivity index (χ0n) is 11.9. The Hall–Kier alpha value is -1.62. The zero-order valence-corrected chi connectivity index (χ0v) is 11.9. The van der Waals surface area contributed by atoms with Crippen molar-refractivity contribution < 1.29 is 9.84 Å². The van der Waals surface area contributed by atoms with E-state index < -0.39 is 0 Å². The van der Waals surface area contributed by atoms with Crippen LogP contribution >= 0.6 is 0 Å². The summed E-state index contributed by atoms with van der Waals surface area (Å²) in [4.78, 5) is 13.0. The maximum atomic E-state index is 10.8. The molecule has 1 heterocycles. The first kappa shape index (κ1) is 14.8. The minimum atomic E-state index is 0.151. The van der Waals surface area contributed by atoms with Gasteiger partial charge in [-0.1, -0.05) is 6.92 Å². The van der Waals surface area contributed by atoms with Crippen molar-refractivity contribution in [2.24, 2.45) is 5.18 Å². The van der Waals surface area contributed by atoms with Gasteiger partial charge in [-0.25, -0.2) is 0 Å². The highest BCUT2D eigenvalue weighted by Crippen LogP contribution is 2.34. The second-order valence-corrected chi connectivity index (χ2v) is 5.12. The number of ether oxygens (including phenoxy) is 1. The summed E-state index contributed by atoms with van der Waals surface area (Å²) in [5.41, 5.74) is 1.32. The Labute approximate surface area is 119 Å². The summed E-state index contributed by atoms with van der Waals surface area (Å²) in [6.07, 6.45) is 4.14. The molecule has 1 aromatic carbocycles. The molecule has 5 heteroatoms. The van der Waals surface area contributed by atoms with Gasteiger partial charge in [0, 0.05) is 18.3 Å². The Morgan fingerprint density at radius 3 is 3.00 bits per heavy atom. The molecule has 0 saturated carbocycles. The maximum absolute atomic E-state index is 10.8. The molecule has 0 amide bonds. The molecule has 1 unspecified atom stereocenters. The number of aliphatic hydroxyl groups excluding tert-OH is 1. The molecule has 0 aromatic heterocycles. The Balaban J connectivity index is 2.24. The van der Waals surface area contributed by atoms with Gasteiger partial charge in [0.15, 0.2) is 5.75 Å². The van der Waals surface area contributed by atoms with E-state index in [-0.39, 0.29) is 12.6 Å². The summed E-state index contributed by atoms with van der Waals surface area (Å²) in [6, 6.07) is 5.58. The average molecular weight is 278 g/mol. The Kier molecular flexibility index (Phi) is 5.35. The van der Waals surface area contributed by atoms with Crippen LogP contribution in [-0.2, 0) is 0 Å². The van der Waals surface area contributed by atoms with E-state index in [4.69, 9.17) is 4.74 Å². The van der Waals surface area contributed by atoms with Crippen LogP contribution in [0.25, 0.3) is 0 Å². The fourth-order valence-electron chi connectivity index (χ4n) is 2.61. The van der Waals surface area contributed by atoms with Crippen LogP contribution in [0.1, 0.15) is 32.6 Å². The van der Waals surface area contributed by atoms with Gasteiger partial charge in [-0.3, -0.25) is 0 Å². The van der Waals surface area contributed by atoms with Gasteiger partial charge in [0.1, 0.15) is 5.69 Å². The summed E-state index contributed by atoms with van der Waals surface area (Å²) in [5.74, 6) is 0.529. The second kappa shape index (κ2) is 7.24. The van der Waals surface area contributed by atoms with Gasteiger partial charge in [0.05, 0.1) is 19.3 Å². The van der Waals surface area contributed by atoms with E-state index in [1.54, 1.807) is 6.07 Å². The lowest BCUT2D eigenvalue weighted by Gasteiger charge is -2.36. The third-order valence-corrected chi connectivity index (χ3v) is 3.67. The molecule has 1 N–H and O–H groups in total. The third kappa shape index (κ3) is 3.28. The van der Waals surface area contributed by atoms with E-state index >= 15 is 0 Å². The Bertz CT molecular complexity index is 451. The van der Waals surface area contributed by atoms with Crippen molar-refractivity contribution in [1.82, 2.24) is 0 Å². The highest BCUT2D eigenvalue weighted by atomic mass is 16.5. The molecule has 0 aliphatic carbocycles. The smallest absolute Gasteiger partial charge is 0.150 e. The normalized spacial score (nSPS) is 18.9. The van der Waals surface area contributed by atoms with Gasteiger partial charge < -0.3 is 14.7 Å². The monoisotopic (exact) mass is 278 g/mol. The van der Waals surface area contributed by atoms with E-state index in [2.05, 4.69) is 10.1 Å². The van der Waals surface area contributed by atoms with E-state index in [1.807, 2.05) is 19.1 Å². The average Bonchev–Trinajstić information content (AvgIpc) is 2.52. The summed E-state index contributed by atoms with van der Waals surface area (Å²) in [6.45, 7) is 3.66. The van der Waals surface area contributed by atoms with Crippen LogP contribution in [-0.4, -0.2) is 30.9 Å². The topological polar surface area (TPSA) is 62.1 Å². The predicted octanol–water partition coefficient (Wildman–Crippen LogP) is 3.22. The quantitative estimate of drug-likeness (QED) is 0.811. The van der Waals surface area contributed by atoms with Crippen LogP contribution in [0, 0.1) is 4.91 Å². The molecule has 0 bridgehead atoms. The highest BCUT2D eigenvalue weighted by molar-refractivity contribution is 5.62. The number of benzene rings is 1. The van der Waals surface area contributed by atoms with Crippen molar-refractivity contribution in [2.45, 2.75) is 38.6 Å². The van der Waals surface area contributed by atoms with Crippen LogP contribution in [0.3, 0.4) is 0 Å². The van der Waals surface area contributed by atoms with Gasteiger partial charge in [-0.05, 0) is 43.0 Å². The van der Waals surface area contributed by atoms with Crippen molar-refractivity contribution in [3.8, 4) is 5.75 Å². The fourth-order valence-corrected chi connectivity index (χ4v) is 2.61. The number of hydrogen-bond donors (Lipinski definition) is 1. The van der Waals surface area contributed by atoms with Crippen molar-refractivity contribution in [1.29, 1.82) is 0 Å². The Morgan fingerprint density at radius 2 is 2.30 bits per heavy atom. The number of nitroso groups, excluding NO2 is 1. The molecular formula is C15H22N2O3. The number of nitrogens with zero attached hydrogens (tertiary/aromatic N) is 2. The SMILES string of the molecule is CCCOc1cc(N2CCCCC2CO)ccc1N=O. The number of aliphatic hydroxyl groups is 1. The predicted molar refractivity (Wildman–Crippen MR) is 79.8 cm³/mol. The number of anilines is 1. The molecule has 110 valence electrons. The molecule has 1 aliphatic heterocycles. The van der Waals surface area contributed by atoms with Crippen LogP contribution in [0.5, 0.6) is 5.75 Å². The van der Waals surface area contributed by atoms with E-state index in [0.717, 1.165) is 37.9 Å². The molecule has 2 rings (SSSR count). The van der Waals surface area contributed by atoms with Crippen LogP contribution in [0.2, 0.25) is 0 Å². The molecule has 1 aliphatic rings. The number of rotatable bonds is 6. The first-order chi connectivity index (χ1) is 9.80. The van der Waals surface area contributed by atoms with E-state index in [9.17, 15) is 10.0 Å². The second-order valence-electron chi connectivity index (χ2n) is 5.12. The highest BCUT2D eigenvalue weighted by Gasteiger charge is 2.22. The molecule has 0 radical (unpaired) electrons. The molecule has 1 aromatic rings. The molecule has 5 nitrogen and oxygen atoms in total. The van der Waals surface area contributed by atoms with Crippen LogP contribution < -0.4 is 9.64 Å². The molecule has 1 fully saturated rings. The van der Waals surface area contributed by atoms with Crippen molar-refractivity contribution in [3.63, 3.8) is 0 Å². The van der Waals surface area contributed by atoms with Crippen LogP contribution in [0.4, 0.5) is 11.4 Å². The fraction of sp³-hybridized carbons (Fsp3) is 0.600. The summed E-state index contributed by atoms with van der Waals surface area (Å²) in [7, 11) is 0. The van der Waals surface area contributed by atoms with Crippen molar-refractivity contribution in [3.05, 3.63) is 23.1 Å². The molecule has 1 saturated heterocycles. The first-order valence-corrected chi connectivity index (χ1v) is 7.27. The van der Waals surface area contributed by atoms with Crippen LogP contribution in [0.15, 0.2) is 23.4 Å². The van der Waals surface area contributed by atoms with Gasteiger partial charge in [-0.15, -0.1) is 4.91 Å². The van der Waals surface area contributed by atoms with Gasteiger partial charge in [-0.2, -0.15) is 0 Å². The third-order valence-electron chi connectivity index (χ3n) is 3.67. The summed E-state index contributed by atoms with van der Waals surface area (Å²) in [5, 5.41) is 12.5. The minimum absolute atomic E-state index is 0.151. The van der Waals surface area contributed by atoms with Gasteiger partial charge >= 0.3 is 0 Å². The first-order valence-electron chi connectivity index (χ1n) is 7.27. The lowest BCUT2D eigenvalue weighted by molar-refractivity contribution is 0.240. The summed E-state index contributed by atoms with van der Waals surface area (Å²) >= 11 is 0. The van der Waals surface area contributed by atoms with Crippen molar-refractivity contribution in [2.75, 3.05) is 24.7 Å². The van der Waals surface area contributed by atoms with Gasteiger partial charge in [0.25, 0.3) is 0 Å². The lowest BCUT2D eigenvalue weighted by atomic mass is 10.0. The largest absolute Gasteiger partial charge is 0.491 e. The Morgan fingerprint density at radius 1 is 1.45 bits per heavy atom. The minimum Gasteiger partial charge on any atom is -0.491 e. The van der Waals surface area contributed by atoms with Crippen molar-refractivity contribution >= 4 is 11.4 Å². The molecule has 0 spiro atoms. The zero-order chi connectivity index (χ0) is 14.4. The number of piperidine rings is 1. The molecule has 20 heavy (non-hydrogen) atoms. The molecular weight excluding hydrogens is 256 g/mol. The van der Waals surface area contributed by atoms with E-state index in [1.165, 1.54) is 0 Å².